The van der Waals surface area contributed by atoms with Gasteiger partial charge in [-0.3, -0.25) is 14.4 Å². The number of carbonyl (C=O) groups excluding carboxylic acids is 3. The van der Waals surface area contributed by atoms with Crippen molar-refractivity contribution in [1.82, 2.24) is 0 Å². The molecule has 3 aromatic rings. The van der Waals surface area contributed by atoms with Crippen molar-refractivity contribution in [1.29, 1.82) is 0 Å². The molecule has 0 unspecified atom stereocenters. The van der Waals surface area contributed by atoms with E-state index in [1.165, 1.54) is 17.0 Å². The number of hydrogen-bond acceptors (Lipinski definition) is 6. The number of phenols is 1. The fourth-order valence-electron chi connectivity index (χ4n) is 3.84. The van der Waals surface area contributed by atoms with Gasteiger partial charge in [0.1, 0.15) is 11.5 Å². The second-order valence-electron chi connectivity index (χ2n) is 8.85. The Hall–Kier alpha value is -4.33. The van der Waals surface area contributed by atoms with E-state index >= 15 is 0 Å². The molecule has 2 amide bonds. The minimum absolute atomic E-state index is 0.105. The zero-order valence-corrected chi connectivity index (χ0v) is 22.0. The monoisotopic (exact) mass is 518 g/mol. The van der Waals surface area contributed by atoms with Crippen LogP contribution in [0, 0.1) is 6.92 Å². The summed E-state index contributed by atoms with van der Waals surface area (Å²) < 4.78 is 11.0. The van der Waals surface area contributed by atoms with E-state index < -0.39 is 5.91 Å². The van der Waals surface area contributed by atoms with Gasteiger partial charge in [-0.1, -0.05) is 18.2 Å². The van der Waals surface area contributed by atoms with Crippen molar-refractivity contribution in [3.05, 3.63) is 83.4 Å². The molecule has 0 bridgehead atoms. The maximum absolute atomic E-state index is 13.2. The van der Waals surface area contributed by atoms with Crippen molar-refractivity contribution in [2.24, 2.45) is 0 Å². The van der Waals surface area contributed by atoms with Gasteiger partial charge >= 0.3 is 5.97 Å². The van der Waals surface area contributed by atoms with E-state index in [9.17, 15) is 19.5 Å². The topological polar surface area (TPSA) is 105 Å². The molecule has 0 fully saturated rings. The third-order valence-corrected chi connectivity index (χ3v) is 5.91. The number of nitrogens with one attached hydrogen (secondary N) is 1. The van der Waals surface area contributed by atoms with Gasteiger partial charge in [0, 0.05) is 24.7 Å². The van der Waals surface area contributed by atoms with E-state index in [1.54, 1.807) is 50.4 Å². The van der Waals surface area contributed by atoms with Crippen molar-refractivity contribution in [2.45, 2.75) is 39.5 Å². The SMILES string of the molecule is CCOC(=O)CCCCCOc1cc(C)ccc1N(C)C(=O)c1ccc(NC(=O)c2ccccc2O)cc1. The van der Waals surface area contributed by atoms with E-state index in [-0.39, 0.29) is 23.2 Å². The molecule has 2 N–H and O–H groups in total. The largest absolute Gasteiger partial charge is 0.507 e. The van der Waals surface area contributed by atoms with Crippen molar-refractivity contribution in [2.75, 3.05) is 30.5 Å². The summed E-state index contributed by atoms with van der Waals surface area (Å²) in [5.74, 6) is -0.349. The van der Waals surface area contributed by atoms with Crippen LogP contribution in [0.1, 0.15) is 58.9 Å². The molecule has 8 heteroatoms. The van der Waals surface area contributed by atoms with E-state index in [4.69, 9.17) is 9.47 Å². The fraction of sp³-hybridized carbons (Fsp3) is 0.300. The smallest absolute Gasteiger partial charge is 0.305 e. The first-order chi connectivity index (χ1) is 18.3. The Morgan fingerprint density at radius 1 is 0.947 bits per heavy atom. The molecule has 0 saturated carbocycles. The molecular weight excluding hydrogens is 484 g/mol. The van der Waals surface area contributed by atoms with Crippen LogP contribution in [-0.2, 0) is 9.53 Å². The van der Waals surface area contributed by atoms with Crippen molar-refractivity contribution in [3.63, 3.8) is 0 Å². The first-order valence-corrected chi connectivity index (χ1v) is 12.7. The molecule has 3 aromatic carbocycles. The fourth-order valence-corrected chi connectivity index (χ4v) is 3.84. The number of unbranched alkanes of at least 4 members (excludes halogenated alkanes) is 2. The van der Waals surface area contributed by atoms with Crippen LogP contribution in [0.2, 0.25) is 0 Å². The summed E-state index contributed by atoms with van der Waals surface area (Å²) in [6.45, 7) is 4.61. The number of benzene rings is 3. The number of hydrogen-bond donors (Lipinski definition) is 2. The molecule has 0 aliphatic rings. The zero-order valence-electron chi connectivity index (χ0n) is 22.0. The Labute approximate surface area is 223 Å². The molecule has 200 valence electrons. The molecule has 0 aliphatic carbocycles. The molecule has 0 saturated heterocycles. The van der Waals surface area contributed by atoms with Gasteiger partial charge in [-0.2, -0.15) is 0 Å². The van der Waals surface area contributed by atoms with Crippen LogP contribution in [0.15, 0.2) is 66.7 Å². The highest BCUT2D eigenvalue weighted by Gasteiger charge is 2.18. The predicted molar refractivity (Wildman–Crippen MR) is 147 cm³/mol. The highest BCUT2D eigenvalue weighted by atomic mass is 16.5. The molecule has 8 nitrogen and oxygen atoms in total. The third-order valence-electron chi connectivity index (χ3n) is 5.91. The van der Waals surface area contributed by atoms with Gasteiger partial charge < -0.3 is 24.8 Å². The van der Waals surface area contributed by atoms with Gasteiger partial charge in [-0.05, 0) is 87.2 Å². The highest BCUT2D eigenvalue weighted by molar-refractivity contribution is 6.08. The summed E-state index contributed by atoms with van der Waals surface area (Å²) in [6, 6.07) is 18.5. The summed E-state index contributed by atoms with van der Waals surface area (Å²) in [7, 11) is 1.69. The van der Waals surface area contributed by atoms with Crippen LogP contribution in [-0.4, -0.2) is 43.2 Å². The molecule has 3 rings (SSSR count). The second-order valence-corrected chi connectivity index (χ2v) is 8.85. The van der Waals surface area contributed by atoms with Crippen LogP contribution in [0.4, 0.5) is 11.4 Å². The normalized spacial score (nSPS) is 10.5. The summed E-state index contributed by atoms with van der Waals surface area (Å²) in [6.07, 6.45) is 2.75. The van der Waals surface area contributed by atoms with Crippen LogP contribution < -0.4 is 15.0 Å². The number of para-hydroxylation sites is 1. The van der Waals surface area contributed by atoms with Gasteiger partial charge in [-0.15, -0.1) is 0 Å². The summed E-state index contributed by atoms with van der Waals surface area (Å²) in [4.78, 5) is 38.6. The molecule has 0 atom stereocenters. The lowest BCUT2D eigenvalue weighted by atomic mass is 10.1. The van der Waals surface area contributed by atoms with Crippen LogP contribution in [0.5, 0.6) is 11.5 Å². The van der Waals surface area contributed by atoms with Crippen molar-refractivity contribution < 1.29 is 29.0 Å². The average molecular weight is 519 g/mol. The van der Waals surface area contributed by atoms with Gasteiger partial charge in [0.15, 0.2) is 0 Å². The van der Waals surface area contributed by atoms with Gasteiger partial charge in [0.2, 0.25) is 0 Å². The quantitative estimate of drug-likeness (QED) is 0.234. The van der Waals surface area contributed by atoms with E-state index in [0.29, 0.717) is 42.3 Å². The van der Waals surface area contributed by atoms with Crippen LogP contribution in [0.25, 0.3) is 0 Å². The Morgan fingerprint density at radius 2 is 1.68 bits per heavy atom. The van der Waals surface area contributed by atoms with E-state index in [2.05, 4.69) is 5.32 Å². The number of anilines is 2. The van der Waals surface area contributed by atoms with Gasteiger partial charge in [0.25, 0.3) is 11.8 Å². The Balaban J connectivity index is 1.60. The minimum Gasteiger partial charge on any atom is -0.507 e. The zero-order chi connectivity index (χ0) is 27.5. The Bertz CT molecular complexity index is 1260. The molecule has 0 radical (unpaired) electrons. The predicted octanol–water partition coefficient (Wildman–Crippen LogP) is 5.73. The molecule has 0 aromatic heterocycles. The summed E-state index contributed by atoms with van der Waals surface area (Å²) >= 11 is 0. The number of ether oxygens (including phenoxy) is 2. The van der Waals surface area contributed by atoms with Crippen molar-refractivity contribution in [3.8, 4) is 11.5 Å². The standard InChI is InChI=1S/C30H34N2O6/c1-4-37-28(34)12-6-5-9-19-38-27-20-21(2)13-18-25(27)32(3)30(36)22-14-16-23(17-15-22)31-29(35)24-10-7-8-11-26(24)33/h7-8,10-11,13-18,20,33H,4-6,9,12,19H2,1-3H3,(H,31,35). The van der Waals surface area contributed by atoms with E-state index in [0.717, 1.165) is 24.8 Å². The minimum atomic E-state index is -0.443. The molecular formula is C30H34N2O6. The Morgan fingerprint density at radius 3 is 2.39 bits per heavy atom. The maximum atomic E-state index is 13.2. The Kier molecular flexibility index (Phi) is 10.3. The van der Waals surface area contributed by atoms with Crippen LogP contribution in [0.3, 0.4) is 0 Å². The summed E-state index contributed by atoms with van der Waals surface area (Å²) in [5.41, 5.74) is 2.76. The third kappa shape index (κ3) is 7.83. The number of aryl methyl sites for hydroxylation is 1. The number of nitrogens with zero attached hydrogens (tertiary/aromatic N) is 1. The first-order valence-electron chi connectivity index (χ1n) is 12.7. The molecule has 38 heavy (non-hydrogen) atoms. The lowest BCUT2D eigenvalue weighted by Gasteiger charge is -2.21. The highest BCUT2D eigenvalue weighted by Crippen LogP contribution is 2.30. The van der Waals surface area contributed by atoms with Crippen molar-refractivity contribution >= 4 is 29.2 Å². The number of aromatic hydroxyl groups is 1. The molecule has 0 spiro atoms. The second kappa shape index (κ2) is 13.8. The average Bonchev–Trinajstić information content (AvgIpc) is 2.90. The first kappa shape index (κ1) is 28.2. The number of esters is 1. The number of carbonyl (C=O) groups is 3. The van der Waals surface area contributed by atoms with Gasteiger partial charge in [0.05, 0.1) is 24.5 Å². The molecule has 0 heterocycles. The van der Waals surface area contributed by atoms with Crippen LogP contribution >= 0.6 is 0 Å². The maximum Gasteiger partial charge on any atom is 0.305 e. The lowest BCUT2D eigenvalue weighted by Crippen LogP contribution is -2.27. The molecule has 0 aliphatic heterocycles. The van der Waals surface area contributed by atoms with Gasteiger partial charge in [-0.25, -0.2) is 0 Å². The number of phenolic OH excluding ortho intramolecular Hbond substituents is 1. The number of rotatable bonds is 12. The number of amides is 2. The van der Waals surface area contributed by atoms with E-state index in [1.807, 2.05) is 25.1 Å². The summed E-state index contributed by atoms with van der Waals surface area (Å²) in [5, 5.41) is 12.6. The lowest BCUT2D eigenvalue weighted by molar-refractivity contribution is -0.143.